The highest BCUT2D eigenvalue weighted by atomic mass is 32.1. The minimum Gasteiger partial charge on any atom is -0.456 e. The minimum absolute atomic E-state index is 0.837. The molecule has 11 aromatic rings. The monoisotopic (exact) mass is 746 g/mol. The van der Waals surface area contributed by atoms with Gasteiger partial charge in [-0.3, -0.25) is 0 Å². The molecule has 0 aliphatic heterocycles. The number of hydrogen-bond acceptors (Lipinski definition) is 4. The molecule has 0 saturated carbocycles. The molecule has 4 heteroatoms. The van der Waals surface area contributed by atoms with E-state index in [-0.39, 0.29) is 0 Å². The standard InChI is InChI=1S/C53H34N2OS/c1-4-13-35(14-5-1)36-23-25-40(26-24-36)55(41-27-29-45(46(31-41)38-15-6-2-7-16-38)44-22-12-20-37-17-10-11-21-43(37)44)42-28-30-50-47(32-42)48-33-52-49(34-51(48)56-50)54-53(57-52)39-18-8-3-9-19-39/h1-34H. The first-order valence-corrected chi connectivity index (χ1v) is 20.0. The molecule has 0 bridgehead atoms. The van der Waals surface area contributed by atoms with Gasteiger partial charge in [0.1, 0.15) is 16.2 Å². The highest BCUT2D eigenvalue weighted by molar-refractivity contribution is 7.21. The van der Waals surface area contributed by atoms with E-state index in [0.29, 0.717) is 0 Å². The molecule has 0 aliphatic carbocycles. The van der Waals surface area contributed by atoms with E-state index in [1.54, 1.807) is 11.3 Å². The van der Waals surface area contributed by atoms with Crippen LogP contribution in [0.5, 0.6) is 0 Å². The Bertz CT molecular complexity index is 3220. The molecule has 0 aliphatic rings. The van der Waals surface area contributed by atoms with Crippen molar-refractivity contribution in [2.24, 2.45) is 0 Å². The Kier molecular flexibility index (Phi) is 8.01. The number of nitrogens with zero attached hydrogens (tertiary/aromatic N) is 2. The molecule has 0 saturated heterocycles. The van der Waals surface area contributed by atoms with Gasteiger partial charge in [0, 0.05) is 39.5 Å². The van der Waals surface area contributed by atoms with E-state index in [4.69, 9.17) is 9.40 Å². The number of anilines is 3. The third-order valence-corrected chi connectivity index (χ3v) is 12.0. The number of furan rings is 1. The summed E-state index contributed by atoms with van der Waals surface area (Å²) in [7, 11) is 0. The van der Waals surface area contributed by atoms with Gasteiger partial charge in [-0.15, -0.1) is 11.3 Å². The van der Waals surface area contributed by atoms with Crippen molar-refractivity contribution in [3.8, 4) is 44.0 Å². The summed E-state index contributed by atoms with van der Waals surface area (Å²) in [5.41, 5.74) is 14.1. The summed E-state index contributed by atoms with van der Waals surface area (Å²) >= 11 is 1.72. The smallest absolute Gasteiger partial charge is 0.137 e. The lowest BCUT2D eigenvalue weighted by molar-refractivity contribution is 0.669. The van der Waals surface area contributed by atoms with E-state index >= 15 is 0 Å². The molecule has 0 radical (unpaired) electrons. The second kappa shape index (κ2) is 13.8. The number of rotatable bonds is 7. The van der Waals surface area contributed by atoms with E-state index in [9.17, 15) is 0 Å². The Labute approximate surface area is 334 Å². The third kappa shape index (κ3) is 5.95. The lowest BCUT2D eigenvalue weighted by atomic mass is 9.90. The molecular weight excluding hydrogens is 713 g/mol. The van der Waals surface area contributed by atoms with Crippen molar-refractivity contribution in [2.75, 3.05) is 4.90 Å². The molecule has 0 spiro atoms. The zero-order valence-corrected chi connectivity index (χ0v) is 31.7. The van der Waals surface area contributed by atoms with Gasteiger partial charge >= 0.3 is 0 Å². The summed E-state index contributed by atoms with van der Waals surface area (Å²) in [5, 5.41) is 5.63. The fraction of sp³-hybridized carbons (Fsp3) is 0. The van der Waals surface area contributed by atoms with Gasteiger partial charge in [-0.2, -0.15) is 0 Å². The van der Waals surface area contributed by atoms with Gasteiger partial charge in [0.15, 0.2) is 0 Å². The fourth-order valence-corrected chi connectivity index (χ4v) is 9.12. The second-order valence-corrected chi connectivity index (χ2v) is 15.4. The molecular formula is C53H34N2OS. The summed E-state index contributed by atoms with van der Waals surface area (Å²) in [6.45, 7) is 0. The highest BCUT2D eigenvalue weighted by Gasteiger charge is 2.20. The number of benzene rings is 9. The number of fused-ring (bicyclic) bond motifs is 5. The zero-order chi connectivity index (χ0) is 37.7. The van der Waals surface area contributed by atoms with Crippen LogP contribution in [-0.2, 0) is 0 Å². The van der Waals surface area contributed by atoms with Gasteiger partial charge in [0.25, 0.3) is 0 Å². The molecule has 3 nitrogen and oxygen atoms in total. The van der Waals surface area contributed by atoms with Crippen LogP contribution in [0.15, 0.2) is 211 Å². The first kappa shape index (κ1) is 33.1. The Morgan fingerprint density at radius 3 is 1.79 bits per heavy atom. The maximum absolute atomic E-state index is 6.51. The molecule has 0 atom stereocenters. The number of thiazole rings is 1. The average molecular weight is 747 g/mol. The van der Waals surface area contributed by atoms with Crippen LogP contribution in [0.2, 0.25) is 0 Å². The minimum atomic E-state index is 0.837. The van der Waals surface area contributed by atoms with E-state index in [1.165, 1.54) is 44.2 Å². The number of hydrogen-bond donors (Lipinski definition) is 0. The van der Waals surface area contributed by atoms with Gasteiger partial charge in [-0.05, 0) is 92.7 Å². The molecule has 2 heterocycles. The summed E-state index contributed by atoms with van der Waals surface area (Å²) in [5.74, 6) is 0. The van der Waals surface area contributed by atoms with Crippen LogP contribution >= 0.6 is 11.3 Å². The van der Waals surface area contributed by atoms with Gasteiger partial charge in [-0.25, -0.2) is 4.98 Å². The van der Waals surface area contributed by atoms with E-state index in [2.05, 4.69) is 205 Å². The fourth-order valence-electron chi connectivity index (χ4n) is 8.13. The molecule has 57 heavy (non-hydrogen) atoms. The molecule has 268 valence electrons. The summed E-state index contributed by atoms with van der Waals surface area (Å²) < 4.78 is 7.65. The average Bonchev–Trinajstić information content (AvgIpc) is 3.87. The second-order valence-electron chi connectivity index (χ2n) is 14.4. The zero-order valence-electron chi connectivity index (χ0n) is 30.8. The normalized spacial score (nSPS) is 11.5. The lowest BCUT2D eigenvalue weighted by Crippen LogP contribution is -2.10. The lowest BCUT2D eigenvalue weighted by Gasteiger charge is -2.27. The molecule has 11 rings (SSSR count). The van der Waals surface area contributed by atoms with Crippen molar-refractivity contribution in [3.63, 3.8) is 0 Å². The van der Waals surface area contributed by atoms with Crippen LogP contribution in [0.3, 0.4) is 0 Å². The van der Waals surface area contributed by atoms with Crippen LogP contribution < -0.4 is 4.90 Å². The van der Waals surface area contributed by atoms with E-state index in [0.717, 1.165) is 59.8 Å². The Hall–Kier alpha value is -7.27. The molecule has 0 fully saturated rings. The quantitative estimate of drug-likeness (QED) is 0.163. The molecule has 0 N–H and O–H groups in total. The van der Waals surface area contributed by atoms with Crippen LogP contribution in [0, 0.1) is 0 Å². The molecule has 0 unspecified atom stereocenters. The topological polar surface area (TPSA) is 29.3 Å². The largest absolute Gasteiger partial charge is 0.456 e. The van der Waals surface area contributed by atoms with Crippen LogP contribution in [0.25, 0.3) is 86.9 Å². The van der Waals surface area contributed by atoms with Crippen LogP contribution in [0.4, 0.5) is 17.1 Å². The van der Waals surface area contributed by atoms with Gasteiger partial charge in [0.05, 0.1) is 10.2 Å². The van der Waals surface area contributed by atoms with Crippen molar-refractivity contribution in [3.05, 3.63) is 206 Å². The van der Waals surface area contributed by atoms with E-state index < -0.39 is 0 Å². The SMILES string of the molecule is c1ccc(-c2ccc(N(c3ccc(-c4cccc5ccccc45)c(-c4ccccc4)c3)c3ccc4oc5cc6nc(-c7ccccc7)sc6cc5c4c3)cc2)cc1. The van der Waals surface area contributed by atoms with Crippen molar-refractivity contribution in [2.45, 2.75) is 0 Å². The van der Waals surface area contributed by atoms with Crippen molar-refractivity contribution >= 4 is 71.3 Å². The first-order chi connectivity index (χ1) is 28.2. The first-order valence-electron chi connectivity index (χ1n) is 19.2. The highest BCUT2D eigenvalue weighted by Crippen LogP contribution is 2.44. The van der Waals surface area contributed by atoms with Crippen molar-refractivity contribution in [1.82, 2.24) is 4.98 Å². The van der Waals surface area contributed by atoms with Crippen molar-refractivity contribution < 1.29 is 4.42 Å². The third-order valence-electron chi connectivity index (χ3n) is 10.9. The maximum atomic E-state index is 6.51. The number of aromatic nitrogens is 1. The van der Waals surface area contributed by atoms with Crippen LogP contribution in [0.1, 0.15) is 0 Å². The maximum Gasteiger partial charge on any atom is 0.137 e. The Balaban J connectivity index is 1.10. The summed E-state index contributed by atoms with van der Waals surface area (Å²) in [4.78, 5) is 7.35. The Morgan fingerprint density at radius 2 is 1.00 bits per heavy atom. The molecule has 0 amide bonds. The predicted octanol–water partition coefficient (Wildman–Crippen LogP) is 15.5. The van der Waals surface area contributed by atoms with Gasteiger partial charge in [0.2, 0.25) is 0 Å². The van der Waals surface area contributed by atoms with E-state index in [1.807, 2.05) is 6.07 Å². The summed E-state index contributed by atoms with van der Waals surface area (Å²) in [6, 6.07) is 73.6. The van der Waals surface area contributed by atoms with Gasteiger partial charge in [-0.1, -0.05) is 152 Å². The molecule has 2 aromatic heterocycles. The van der Waals surface area contributed by atoms with Gasteiger partial charge < -0.3 is 9.32 Å². The Morgan fingerprint density at radius 1 is 0.386 bits per heavy atom. The predicted molar refractivity (Wildman–Crippen MR) is 241 cm³/mol. The summed E-state index contributed by atoms with van der Waals surface area (Å²) in [6.07, 6.45) is 0. The van der Waals surface area contributed by atoms with Crippen LogP contribution in [-0.4, -0.2) is 4.98 Å². The molecule has 9 aromatic carbocycles. The van der Waals surface area contributed by atoms with Crippen molar-refractivity contribution in [1.29, 1.82) is 0 Å².